The predicted molar refractivity (Wildman–Crippen MR) is 107 cm³/mol. The summed E-state index contributed by atoms with van der Waals surface area (Å²) in [6.07, 6.45) is 2.18. The summed E-state index contributed by atoms with van der Waals surface area (Å²) < 4.78 is 6.02. The van der Waals surface area contributed by atoms with Crippen molar-refractivity contribution in [2.45, 2.75) is 25.9 Å². The van der Waals surface area contributed by atoms with Gasteiger partial charge in [0.1, 0.15) is 17.5 Å². The van der Waals surface area contributed by atoms with Crippen LogP contribution in [-0.2, 0) is 0 Å². The first kappa shape index (κ1) is 19.6. The number of nitrogens with zero attached hydrogens (tertiary/aromatic N) is 2. The van der Waals surface area contributed by atoms with Gasteiger partial charge in [0.25, 0.3) is 5.69 Å². The Morgan fingerprint density at radius 3 is 2.43 bits per heavy atom. The molecule has 148 valence electrons. The summed E-state index contributed by atoms with van der Waals surface area (Å²) >= 11 is 0. The molecule has 28 heavy (non-hydrogen) atoms. The van der Waals surface area contributed by atoms with Gasteiger partial charge in [-0.25, -0.2) is 0 Å². The molecule has 1 aliphatic rings. The summed E-state index contributed by atoms with van der Waals surface area (Å²) in [5.41, 5.74) is 6.84. The van der Waals surface area contributed by atoms with E-state index in [1.807, 2.05) is 12.1 Å². The minimum absolute atomic E-state index is 0.117. The molecule has 1 saturated heterocycles. The number of carbonyl (C=O) groups is 1. The lowest BCUT2D eigenvalue weighted by Crippen LogP contribution is -2.35. The second-order valence-electron chi connectivity index (χ2n) is 7.02. The smallest absolute Gasteiger partial charge is 0.292 e. The Kier molecular flexibility index (Phi) is 5.79. The van der Waals surface area contributed by atoms with E-state index in [9.17, 15) is 14.9 Å². The number of likely N-dealkylation sites (tertiary alicyclic amines) is 1. The van der Waals surface area contributed by atoms with Crippen LogP contribution in [0.15, 0.2) is 36.4 Å². The van der Waals surface area contributed by atoms with E-state index in [1.54, 1.807) is 19.1 Å². The fourth-order valence-corrected chi connectivity index (χ4v) is 3.33. The van der Waals surface area contributed by atoms with Gasteiger partial charge in [-0.15, -0.1) is 0 Å². The topological polar surface area (TPSA) is 111 Å². The molecule has 0 aromatic heterocycles. The number of amides is 1. The first-order chi connectivity index (χ1) is 13.3. The number of piperidine rings is 1. The highest BCUT2D eigenvalue weighted by Gasteiger charge is 2.21. The number of rotatable bonds is 6. The second kappa shape index (κ2) is 8.26. The Labute approximate surface area is 163 Å². The van der Waals surface area contributed by atoms with Gasteiger partial charge in [-0.1, -0.05) is 0 Å². The normalized spacial score (nSPS) is 15.2. The summed E-state index contributed by atoms with van der Waals surface area (Å²) in [5, 5.41) is 14.4. The quantitative estimate of drug-likeness (QED) is 0.584. The molecule has 0 radical (unpaired) electrons. The van der Waals surface area contributed by atoms with Crippen LogP contribution in [0.25, 0.3) is 0 Å². The minimum Gasteiger partial charge on any atom is -0.490 e. The van der Waals surface area contributed by atoms with E-state index in [0.29, 0.717) is 11.3 Å². The lowest BCUT2D eigenvalue weighted by molar-refractivity contribution is -0.384. The lowest BCUT2D eigenvalue weighted by Gasteiger charge is -2.29. The fraction of sp³-hybridized carbons (Fsp3) is 0.350. The third-order valence-electron chi connectivity index (χ3n) is 5.00. The van der Waals surface area contributed by atoms with Crippen LogP contribution in [0.2, 0.25) is 0 Å². The zero-order valence-corrected chi connectivity index (χ0v) is 16.0. The SMILES string of the molecule is Cc1c(C(N)=O)ccc([N+](=O)[O-])c1Nc1ccc(OC2CCN(C)CC2)cc1. The van der Waals surface area contributed by atoms with Crippen molar-refractivity contribution >= 4 is 23.0 Å². The number of primary amides is 1. The van der Waals surface area contributed by atoms with Crippen LogP contribution in [0.1, 0.15) is 28.8 Å². The van der Waals surface area contributed by atoms with Crippen LogP contribution in [-0.4, -0.2) is 42.0 Å². The van der Waals surface area contributed by atoms with Crippen molar-refractivity contribution in [1.29, 1.82) is 0 Å². The van der Waals surface area contributed by atoms with Crippen LogP contribution in [0, 0.1) is 17.0 Å². The van der Waals surface area contributed by atoms with Crippen molar-refractivity contribution < 1.29 is 14.5 Å². The van der Waals surface area contributed by atoms with Crippen LogP contribution in [0.5, 0.6) is 5.75 Å². The van der Waals surface area contributed by atoms with Crippen molar-refractivity contribution in [3.63, 3.8) is 0 Å². The van der Waals surface area contributed by atoms with Gasteiger partial charge < -0.3 is 20.7 Å². The first-order valence-electron chi connectivity index (χ1n) is 9.15. The van der Waals surface area contributed by atoms with Crippen LogP contribution in [0.3, 0.4) is 0 Å². The maximum atomic E-state index is 11.6. The zero-order valence-electron chi connectivity index (χ0n) is 16.0. The lowest BCUT2D eigenvalue weighted by atomic mass is 10.0. The highest BCUT2D eigenvalue weighted by Crippen LogP contribution is 2.33. The molecule has 8 heteroatoms. The van der Waals surface area contributed by atoms with E-state index in [-0.39, 0.29) is 23.0 Å². The molecular formula is C20H24N4O4. The molecule has 0 aliphatic carbocycles. The number of nitrogens with two attached hydrogens (primary N) is 1. The molecule has 3 N–H and O–H groups in total. The number of nitrogens with one attached hydrogen (secondary N) is 1. The average Bonchev–Trinajstić information content (AvgIpc) is 2.66. The zero-order chi connectivity index (χ0) is 20.3. The van der Waals surface area contributed by atoms with E-state index >= 15 is 0 Å². The number of carbonyl (C=O) groups excluding carboxylic acids is 1. The number of nitro benzene ring substituents is 1. The van der Waals surface area contributed by atoms with Crippen molar-refractivity contribution in [3.8, 4) is 5.75 Å². The molecule has 2 aromatic rings. The molecule has 0 unspecified atom stereocenters. The Morgan fingerprint density at radius 1 is 1.21 bits per heavy atom. The molecular weight excluding hydrogens is 360 g/mol. The monoisotopic (exact) mass is 384 g/mol. The molecule has 2 aromatic carbocycles. The van der Waals surface area contributed by atoms with Crippen molar-refractivity contribution in [3.05, 3.63) is 57.6 Å². The van der Waals surface area contributed by atoms with E-state index in [1.165, 1.54) is 12.1 Å². The largest absolute Gasteiger partial charge is 0.490 e. The van der Waals surface area contributed by atoms with Crippen LogP contribution >= 0.6 is 0 Å². The molecule has 0 spiro atoms. The predicted octanol–water partition coefficient (Wildman–Crippen LogP) is 3.22. The van der Waals surface area contributed by atoms with Crippen molar-refractivity contribution in [2.75, 3.05) is 25.5 Å². The number of benzene rings is 2. The fourth-order valence-electron chi connectivity index (χ4n) is 3.33. The molecule has 3 rings (SSSR count). The van der Waals surface area contributed by atoms with Gasteiger partial charge in [0, 0.05) is 30.4 Å². The highest BCUT2D eigenvalue weighted by atomic mass is 16.6. The maximum Gasteiger partial charge on any atom is 0.292 e. The minimum atomic E-state index is -0.627. The van der Waals surface area contributed by atoms with Crippen molar-refractivity contribution in [2.24, 2.45) is 5.73 Å². The molecule has 1 heterocycles. The Bertz CT molecular complexity index is 875. The van der Waals surface area contributed by atoms with Gasteiger partial charge >= 0.3 is 0 Å². The first-order valence-corrected chi connectivity index (χ1v) is 9.15. The number of ether oxygens (including phenoxy) is 1. The highest BCUT2D eigenvalue weighted by molar-refractivity contribution is 5.97. The third-order valence-corrected chi connectivity index (χ3v) is 5.00. The number of hydrogen-bond acceptors (Lipinski definition) is 6. The van der Waals surface area contributed by atoms with Gasteiger partial charge in [0.2, 0.25) is 5.91 Å². The molecule has 1 fully saturated rings. The summed E-state index contributed by atoms with van der Waals surface area (Å²) in [7, 11) is 2.10. The number of anilines is 2. The Balaban J connectivity index is 1.77. The van der Waals surface area contributed by atoms with E-state index in [2.05, 4.69) is 17.3 Å². The summed E-state index contributed by atoms with van der Waals surface area (Å²) in [4.78, 5) is 24.7. The third kappa shape index (κ3) is 4.40. The standard InChI is InChI=1S/C20H24N4O4/c1-13-17(20(21)25)7-8-18(24(26)27)19(13)22-14-3-5-15(6-4-14)28-16-9-11-23(2)12-10-16/h3-8,16,22H,9-12H2,1-2H3,(H2,21,25). The van der Waals surface area contributed by atoms with Crippen molar-refractivity contribution in [1.82, 2.24) is 4.90 Å². The summed E-state index contributed by atoms with van der Waals surface area (Å²) in [5.74, 6) is 0.134. The Hall–Kier alpha value is -3.13. The van der Waals surface area contributed by atoms with Gasteiger partial charge in [0.05, 0.1) is 4.92 Å². The molecule has 0 bridgehead atoms. The van der Waals surface area contributed by atoms with Crippen LogP contribution < -0.4 is 15.8 Å². The Morgan fingerprint density at radius 2 is 1.86 bits per heavy atom. The number of hydrogen-bond donors (Lipinski definition) is 2. The molecule has 1 amide bonds. The number of nitro groups is 1. The van der Waals surface area contributed by atoms with Gasteiger partial charge in [-0.2, -0.15) is 0 Å². The maximum absolute atomic E-state index is 11.6. The molecule has 1 aliphatic heterocycles. The molecule has 0 atom stereocenters. The van der Waals surface area contributed by atoms with Gasteiger partial charge in [-0.05, 0) is 62.7 Å². The van der Waals surface area contributed by atoms with E-state index in [4.69, 9.17) is 10.5 Å². The van der Waals surface area contributed by atoms with Gasteiger partial charge in [-0.3, -0.25) is 14.9 Å². The van der Waals surface area contributed by atoms with Gasteiger partial charge in [0.15, 0.2) is 0 Å². The van der Waals surface area contributed by atoms with Crippen LogP contribution in [0.4, 0.5) is 17.1 Å². The summed E-state index contributed by atoms with van der Waals surface area (Å²) in [6.45, 7) is 3.67. The molecule has 0 saturated carbocycles. The second-order valence-corrected chi connectivity index (χ2v) is 7.02. The average molecular weight is 384 g/mol. The van der Waals surface area contributed by atoms with E-state index < -0.39 is 10.8 Å². The summed E-state index contributed by atoms with van der Waals surface area (Å²) in [6, 6.07) is 9.92. The van der Waals surface area contributed by atoms with E-state index in [0.717, 1.165) is 31.7 Å². The molecule has 8 nitrogen and oxygen atoms in total.